The first-order valence-corrected chi connectivity index (χ1v) is 6.22. The fourth-order valence-corrected chi connectivity index (χ4v) is 2.78. The average Bonchev–Trinajstić information content (AvgIpc) is 2.79. The van der Waals surface area contributed by atoms with Gasteiger partial charge in [0, 0.05) is 17.5 Å². The summed E-state index contributed by atoms with van der Waals surface area (Å²) in [7, 11) is 1.65. The van der Waals surface area contributed by atoms with Gasteiger partial charge in [0.2, 0.25) is 6.08 Å². The minimum absolute atomic E-state index is 0.436. The SMILES string of the molecule is COc1cc2c(cc1C1(N=C=O)CCC1)OCC2. The van der Waals surface area contributed by atoms with E-state index in [2.05, 4.69) is 4.99 Å². The number of nitrogens with zero attached hydrogens (tertiary/aromatic N) is 1. The van der Waals surface area contributed by atoms with Crippen LogP contribution in [0.1, 0.15) is 30.4 Å². The Kier molecular flexibility index (Phi) is 2.60. The molecule has 0 bridgehead atoms. The summed E-state index contributed by atoms with van der Waals surface area (Å²) in [5.41, 5.74) is 1.69. The first-order chi connectivity index (χ1) is 8.79. The molecule has 3 rings (SSSR count). The van der Waals surface area contributed by atoms with Crippen LogP contribution < -0.4 is 9.47 Å². The number of isocyanates is 1. The summed E-state index contributed by atoms with van der Waals surface area (Å²) in [6.45, 7) is 0.714. The van der Waals surface area contributed by atoms with Crippen LogP contribution >= 0.6 is 0 Å². The Morgan fingerprint density at radius 3 is 2.89 bits per heavy atom. The van der Waals surface area contributed by atoms with Crippen LogP contribution in [-0.4, -0.2) is 19.8 Å². The van der Waals surface area contributed by atoms with Gasteiger partial charge in [-0.2, -0.15) is 4.99 Å². The lowest BCUT2D eigenvalue weighted by atomic mass is 9.72. The molecule has 1 aliphatic heterocycles. The molecule has 1 heterocycles. The van der Waals surface area contributed by atoms with Gasteiger partial charge in [0.25, 0.3) is 0 Å². The van der Waals surface area contributed by atoms with Gasteiger partial charge in [0.1, 0.15) is 17.0 Å². The van der Waals surface area contributed by atoms with Crippen molar-refractivity contribution in [2.24, 2.45) is 4.99 Å². The molecule has 1 fully saturated rings. The summed E-state index contributed by atoms with van der Waals surface area (Å²) in [6, 6.07) is 4.00. The molecule has 0 spiro atoms. The van der Waals surface area contributed by atoms with Crippen LogP contribution in [0.25, 0.3) is 0 Å². The summed E-state index contributed by atoms with van der Waals surface area (Å²) < 4.78 is 11.0. The second kappa shape index (κ2) is 4.14. The highest BCUT2D eigenvalue weighted by atomic mass is 16.5. The van der Waals surface area contributed by atoms with Crippen molar-refractivity contribution in [3.63, 3.8) is 0 Å². The Morgan fingerprint density at radius 2 is 2.28 bits per heavy atom. The highest BCUT2D eigenvalue weighted by Crippen LogP contribution is 2.50. The molecule has 0 atom stereocenters. The smallest absolute Gasteiger partial charge is 0.235 e. The molecule has 1 saturated carbocycles. The number of hydrogen-bond donors (Lipinski definition) is 0. The molecule has 0 unspecified atom stereocenters. The number of benzene rings is 1. The van der Waals surface area contributed by atoms with Gasteiger partial charge in [-0.15, -0.1) is 0 Å². The van der Waals surface area contributed by atoms with Crippen LogP contribution in [0.2, 0.25) is 0 Å². The Hall–Kier alpha value is -1.80. The summed E-state index contributed by atoms with van der Waals surface area (Å²) in [4.78, 5) is 14.7. The Balaban J connectivity index is 2.13. The maximum Gasteiger partial charge on any atom is 0.235 e. The van der Waals surface area contributed by atoms with Crippen LogP contribution in [0, 0.1) is 0 Å². The lowest BCUT2D eigenvalue weighted by molar-refractivity contribution is 0.245. The monoisotopic (exact) mass is 245 g/mol. The maximum absolute atomic E-state index is 10.7. The van der Waals surface area contributed by atoms with E-state index in [1.54, 1.807) is 13.2 Å². The second-order valence-corrected chi connectivity index (χ2v) is 4.85. The van der Waals surface area contributed by atoms with Crippen LogP contribution in [-0.2, 0) is 16.8 Å². The molecule has 18 heavy (non-hydrogen) atoms. The van der Waals surface area contributed by atoms with Crippen molar-refractivity contribution in [2.45, 2.75) is 31.2 Å². The maximum atomic E-state index is 10.7. The Morgan fingerprint density at radius 1 is 1.44 bits per heavy atom. The number of aliphatic imine (C=N–C) groups is 1. The van der Waals surface area contributed by atoms with Crippen molar-refractivity contribution in [2.75, 3.05) is 13.7 Å². The Bertz CT molecular complexity index is 528. The number of methoxy groups -OCH3 is 1. The minimum atomic E-state index is -0.436. The molecular weight excluding hydrogens is 230 g/mol. The highest BCUT2D eigenvalue weighted by molar-refractivity contribution is 5.53. The number of hydrogen-bond acceptors (Lipinski definition) is 4. The van der Waals surface area contributed by atoms with Gasteiger partial charge in [-0.05, 0) is 31.4 Å². The van der Waals surface area contributed by atoms with E-state index in [-0.39, 0.29) is 0 Å². The average molecular weight is 245 g/mol. The zero-order chi connectivity index (χ0) is 12.6. The van der Waals surface area contributed by atoms with Crippen molar-refractivity contribution in [3.05, 3.63) is 23.3 Å². The van der Waals surface area contributed by atoms with Crippen molar-refractivity contribution in [1.82, 2.24) is 0 Å². The molecule has 94 valence electrons. The zero-order valence-electron chi connectivity index (χ0n) is 10.4. The largest absolute Gasteiger partial charge is 0.496 e. The van der Waals surface area contributed by atoms with Gasteiger partial charge < -0.3 is 9.47 Å². The van der Waals surface area contributed by atoms with E-state index in [9.17, 15) is 4.79 Å². The molecule has 0 amide bonds. The van der Waals surface area contributed by atoms with Crippen molar-refractivity contribution in [3.8, 4) is 11.5 Å². The predicted octanol–water partition coefficient (Wildman–Crippen LogP) is 2.35. The molecule has 4 nitrogen and oxygen atoms in total. The first kappa shape index (κ1) is 11.3. The molecule has 0 radical (unpaired) electrons. The predicted molar refractivity (Wildman–Crippen MR) is 65.8 cm³/mol. The lowest BCUT2D eigenvalue weighted by Crippen LogP contribution is -2.32. The number of ether oxygens (including phenoxy) is 2. The van der Waals surface area contributed by atoms with Crippen molar-refractivity contribution in [1.29, 1.82) is 0 Å². The highest BCUT2D eigenvalue weighted by Gasteiger charge is 2.42. The fourth-order valence-electron chi connectivity index (χ4n) is 2.78. The van der Waals surface area contributed by atoms with Crippen molar-refractivity contribution < 1.29 is 14.3 Å². The fraction of sp³-hybridized carbons (Fsp3) is 0.500. The quantitative estimate of drug-likeness (QED) is 0.606. The molecule has 0 N–H and O–H groups in total. The molecule has 0 aromatic heterocycles. The second-order valence-electron chi connectivity index (χ2n) is 4.85. The summed E-state index contributed by atoms with van der Waals surface area (Å²) in [5, 5.41) is 0. The third-order valence-corrected chi connectivity index (χ3v) is 3.95. The third kappa shape index (κ3) is 1.53. The standard InChI is InChI=1S/C14H15NO3/c1-17-13-7-10-3-6-18-12(10)8-11(13)14(15-9-16)4-2-5-14/h7-8H,2-6H2,1H3. The van der Waals surface area contributed by atoms with E-state index >= 15 is 0 Å². The topological polar surface area (TPSA) is 47.9 Å². The van der Waals surface area contributed by atoms with Crippen molar-refractivity contribution >= 4 is 6.08 Å². The minimum Gasteiger partial charge on any atom is -0.496 e. The van der Waals surface area contributed by atoms with Crippen LogP contribution in [0.3, 0.4) is 0 Å². The van der Waals surface area contributed by atoms with Gasteiger partial charge in [-0.25, -0.2) is 4.79 Å². The Labute approximate surface area is 106 Å². The third-order valence-electron chi connectivity index (χ3n) is 3.95. The molecule has 1 aromatic rings. The van der Waals surface area contributed by atoms with E-state index in [1.807, 2.05) is 12.1 Å². The van der Waals surface area contributed by atoms with Gasteiger partial charge in [-0.1, -0.05) is 0 Å². The van der Waals surface area contributed by atoms with Gasteiger partial charge in [0.05, 0.1) is 13.7 Å². The molecule has 0 saturated heterocycles. The van der Waals surface area contributed by atoms with E-state index in [4.69, 9.17) is 9.47 Å². The van der Waals surface area contributed by atoms with E-state index in [1.165, 1.54) is 5.56 Å². The normalized spacial score (nSPS) is 19.2. The summed E-state index contributed by atoms with van der Waals surface area (Å²) in [6.07, 6.45) is 5.44. The van der Waals surface area contributed by atoms with E-state index < -0.39 is 5.54 Å². The number of carbonyl (C=O) groups excluding carboxylic acids is 1. The zero-order valence-corrected chi connectivity index (χ0v) is 10.4. The van der Waals surface area contributed by atoms with E-state index in [0.717, 1.165) is 42.7 Å². The first-order valence-electron chi connectivity index (χ1n) is 6.22. The van der Waals surface area contributed by atoms with Crippen LogP contribution in [0.4, 0.5) is 0 Å². The van der Waals surface area contributed by atoms with E-state index in [0.29, 0.717) is 6.61 Å². The molecule has 2 aliphatic rings. The van der Waals surface area contributed by atoms with Crippen LogP contribution in [0.5, 0.6) is 11.5 Å². The summed E-state index contributed by atoms with van der Waals surface area (Å²) >= 11 is 0. The number of rotatable bonds is 3. The number of fused-ring (bicyclic) bond motifs is 1. The molecular formula is C14H15NO3. The van der Waals surface area contributed by atoms with Gasteiger partial charge in [-0.3, -0.25) is 0 Å². The molecule has 1 aliphatic carbocycles. The van der Waals surface area contributed by atoms with Crippen LogP contribution in [0.15, 0.2) is 17.1 Å². The molecule has 1 aromatic carbocycles. The summed E-state index contributed by atoms with van der Waals surface area (Å²) in [5.74, 6) is 1.70. The van der Waals surface area contributed by atoms with Gasteiger partial charge >= 0.3 is 0 Å². The lowest BCUT2D eigenvalue weighted by Gasteiger charge is -2.38. The van der Waals surface area contributed by atoms with Gasteiger partial charge in [0.15, 0.2) is 0 Å². The molecule has 4 heteroatoms.